The number of nitrogens with one attached hydrogen (secondary N) is 1. The number of likely N-dealkylation sites (tertiary alicyclic amines) is 1. The van der Waals surface area contributed by atoms with Crippen molar-refractivity contribution in [2.24, 2.45) is 0 Å². The number of rotatable bonds is 5. The third-order valence-electron chi connectivity index (χ3n) is 3.86. The van der Waals surface area contributed by atoms with Crippen LogP contribution in [0.1, 0.15) is 46.0 Å². The van der Waals surface area contributed by atoms with Gasteiger partial charge in [0.15, 0.2) is 0 Å². The van der Waals surface area contributed by atoms with Gasteiger partial charge in [0.25, 0.3) is 0 Å². The summed E-state index contributed by atoms with van der Waals surface area (Å²) in [6.45, 7) is 9.15. The molecule has 0 aromatic heterocycles. The summed E-state index contributed by atoms with van der Waals surface area (Å²) in [6.07, 6.45) is 7.61. The van der Waals surface area contributed by atoms with Crippen LogP contribution in [0.3, 0.4) is 0 Å². The van der Waals surface area contributed by atoms with Crippen molar-refractivity contribution in [2.45, 2.75) is 64.2 Å². The molecule has 3 heteroatoms. The molecule has 2 unspecified atom stereocenters. The first-order chi connectivity index (χ1) is 8.24. The fourth-order valence-electron chi connectivity index (χ4n) is 2.86. The van der Waals surface area contributed by atoms with E-state index in [0.29, 0.717) is 18.2 Å². The van der Waals surface area contributed by atoms with Gasteiger partial charge in [0.2, 0.25) is 0 Å². The summed E-state index contributed by atoms with van der Waals surface area (Å²) < 4.78 is 6.11. The predicted molar refractivity (Wildman–Crippen MR) is 71.3 cm³/mol. The maximum absolute atomic E-state index is 6.11. The molecule has 0 amide bonds. The normalized spacial score (nSPS) is 31.2. The van der Waals surface area contributed by atoms with E-state index in [-0.39, 0.29) is 0 Å². The Morgan fingerprint density at radius 3 is 2.53 bits per heavy atom. The standard InChI is InChI=1S/C14H28N2O/c1-12(2)15-10-13-6-7-14(17-13)11-16-8-4-3-5-9-16/h12-15H,3-11H2,1-2H3. The molecule has 0 aromatic carbocycles. The van der Waals surface area contributed by atoms with Crippen LogP contribution in [0.4, 0.5) is 0 Å². The number of nitrogens with zero attached hydrogens (tertiary/aromatic N) is 1. The zero-order chi connectivity index (χ0) is 12.1. The summed E-state index contributed by atoms with van der Waals surface area (Å²) >= 11 is 0. The molecule has 0 bridgehead atoms. The largest absolute Gasteiger partial charge is 0.372 e. The monoisotopic (exact) mass is 240 g/mol. The molecule has 0 aliphatic carbocycles. The quantitative estimate of drug-likeness (QED) is 0.795. The lowest BCUT2D eigenvalue weighted by atomic mass is 10.1. The van der Waals surface area contributed by atoms with E-state index >= 15 is 0 Å². The minimum atomic E-state index is 0.451. The molecule has 2 atom stereocenters. The topological polar surface area (TPSA) is 24.5 Å². The summed E-state index contributed by atoms with van der Waals surface area (Å²) in [6, 6.07) is 0.569. The zero-order valence-electron chi connectivity index (χ0n) is 11.5. The number of hydrogen-bond donors (Lipinski definition) is 1. The Morgan fingerprint density at radius 2 is 1.82 bits per heavy atom. The Balaban J connectivity index is 1.63. The van der Waals surface area contributed by atoms with Gasteiger partial charge in [0.1, 0.15) is 0 Å². The minimum Gasteiger partial charge on any atom is -0.372 e. The van der Waals surface area contributed by atoms with Crippen LogP contribution >= 0.6 is 0 Å². The van der Waals surface area contributed by atoms with E-state index in [1.165, 1.54) is 45.2 Å². The Bertz CT molecular complexity index is 214. The molecule has 2 saturated heterocycles. The fraction of sp³-hybridized carbons (Fsp3) is 1.00. The van der Waals surface area contributed by atoms with Crippen molar-refractivity contribution < 1.29 is 4.74 Å². The van der Waals surface area contributed by atoms with Crippen LogP contribution in [0.15, 0.2) is 0 Å². The van der Waals surface area contributed by atoms with Crippen molar-refractivity contribution in [3.05, 3.63) is 0 Å². The summed E-state index contributed by atoms with van der Waals surface area (Å²) in [5.74, 6) is 0. The van der Waals surface area contributed by atoms with Crippen molar-refractivity contribution in [3.8, 4) is 0 Å². The molecule has 0 spiro atoms. The van der Waals surface area contributed by atoms with E-state index in [2.05, 4.69) is 24.1 Å². The Hall–Kier alpha value is -0.120. The number of hydrogen-bond acceptors (Lipinski definition) is 3. The second-order valence-corrected chi connectivity index (χ2v) is 5.88. The summed E-state index contributed by atoms with van der Waals surface area (Å²) in [4.78, 5) is 2.59. The first-order valence-electron chi connectivity index (χ1n) is 7.35. The SMILES string of the molecule is CC(C)NCC1CCC(CN2CCCCC2)O1. The van der Waals surface area contributed by atoms with Crippen molar-refractivity contribution in [3.63, 3.8) is 0 Å². The highest BCUT2D eigenvalue weighted by Crippen LogP contribution is 2.21. The predicted octanol–water partition coefficient (Wildman–Crippen LogP) is 2.02. The molecule has 3 nitrogen and oxygen atoms in total. The first-order valence-corrected chi connectivity index (χ1v) is 7.35. The smallest absolute Gasteiger partial charge is 0.0707 e. The van der Waals surface area contributed by atoms with E-state index < -0.39 is 0 Å². The van der Waals surface area contributed by atoms with Crippen LogP contribution in [-0.4, -0.2) is 49.3 Å². The lowest BCUT2D eigenvalue weighted by Gasteiger charge is -2.28. The minimum absolute atomic E-state index is 0.451. The average molecular weight is 240 g/mol. The van der Waals surface area contributed by atoms with Crippen LogP contribution in [-0.2, 0) is 4.74 Å². The molecule has 2 aliphatic heterocycles. The maximum Gasteiger partial charge on any atom is 0.0707 e. The highest BCUT2D eigenvalue weighted by molar-refractivity contribution is 4.79. The molecule has 2 aliphatic rings. The van der Waals surface area contributed by atoms with Gasteiger partial charge in [-0.3, -0.25) is 0 Å². The molecular weight excluding hydrogens is 212 g/mol. The summed E-state index contributed by atoms with van der Waals surface area (Å²) in [5, 5.41) is 3.47. The molecule has 0 saturated carbocycles. The van der Waals surface area contributed by atoms with Crippen molar-refractivity contribution in [2.75, 3.05) is 26.2 Å². The molecule has 2 heterocycles. The molecule has 100 valence electrons. The highest BCUT2D eigenvalue weighted by Gasteiger charge is 2.27. The van der Waals surface area contributed by atoms with Gasteiger partial charge < -0.3 is 15.0 Å². The Kier molecular flexibility index (Phi) is 5.26. The van der Waals surface area contributed by atoms with Crippen LogP contribution in [0.25, 0.3) is 0 Å². The van der Waals surface area contributed by atoms with E-state index in [1.54, 1.807) is 0 Å². The van der Waals surface area contributed by atoms with E-state index in [9.17, 15) is 0 Å². The molecule has 2 fully saturated rings. The molecule has 17 heavy (non-hydrogen) atoms. The van der Waals surface area contributed by atoms with Crippen LogP contribution < -0.4 is 5.32 Å². The average Bonchev–Trinajstić information content (AvgIpc) is 2.75. The molecule has 2 rings (SSSR count). The second kappa shape index (κ2) is 6.72. The van der Waals surface area contributed by atoms with Gasteiger partial charge in [0.05, 0.1) is 12.2 Å². The van der Waals surface area contributed by atoms with Crippen molar-refractivity contribution in [1.29, 1.82) is 0 Å². The molecule has 0 aromatic rings. The summed E-state index contributed by atoms with van der Waals surface area (Å²) in [5.41, 5.74) is 0. The summed E-state index contributed by atoms with van der Waals surface area (Å²) in [7, 11) is 0. The van der Waals surface area contributed by atoms with Gasteiger partial charge in [-0.15, -0.1) is 0 Å². The van der Waals surface area contributed by atoms with Gasteiger partial charge in [-0.1, -0.05) is 20.3 Å². The van der Waals surface area contributed by atoms with Gasteiger partial charge in [-0.05, 0) is 38.8 Å². The second-order valence-electron chi connectivity index (χ2n) is 5.88. The van der Waals surface area contributed by atoms with Crippen LogP contribution in [0, 0.1) is 0 Å². The van der Waals surface area contributed by atoms with E-state index in [4.69, 9.17) is 4.74 Å². The zero-order valence-corrected chi connectivity index (χ0v) is 11.5. The van der Waals surface area contributed by atoms with E-state index in [0.717, 1.165) is 13.1 Å². The highest BCUT2D eigenvalue weighted by atomic mass is 16.5. The van der Waals surface area contributed by atoms with Crippen molar-refractivity contribution >= 4 is 0 Å². The van der Waals surface area contributed by atoms with Gasteiger partial charge in [0, 0.05) is 19.1 Å². The number of piperidine rings is 1. The third kappa shape index (κ3) is 4.57. The lowest BCUT2D eigenvalue weighted by Crippen LogP contribution is -2.37. The Labute approximate surface area is 106 Å². The molecule has 0 radical (unpaired) electrons. The van der Waals surface area contributed by atoms with Gasteiger partial charge in [-0.2, -0.15) is 0 Å². The van der Waals surface area contributed by atoms with Gasteiger partial charge >= 0.3 is 0 Å². The lowest BCUT2D eigenvalue weighted by molar-refractivity contribution is 0.0193. The van der Waals surface area contributed by atoms with Crippen LogP contribution in [0.2, 0.25) is 0 Å². The number of ether oxygens (including phenoxy) is 1. The Morgan fingerprint density at radius 1 is 1.12 bits per heavy atom. The van der Waals surface area contributed by atoms with E-state index in [1.807, 2.05) is 0 Å². The molecule has 1 N–H and O–H groups in total. The fourth-order valence-corrected chi connectivity index (χ4v) is 2.86. The van der Waals surface area contributed by atoms with Crippen molar-refractivity contribution in [1.82, 2.24) is 10.2 Å². The molecular formula is C14H28N2O. The first kappa shape index (κ1) is 13.3. The van der Waals surface area contributed by atoms with Gasteiger partial charge in [-0.25, -0.2) is 0 Å². The van der Waals surface area contributed by atoms with Crippen LogP contribution in [0.5, 0.6) is 0 Å². The third-order valence-corrected chi connectivity index (χ3v) is 3.86. The maximum atomic E-state index is 6.11.